The predicted molar refractivity (Wildman–Crippen MR) is 75.3 cm³/mol. The van der Waals surface area contributed by atoms with Crippen molar-refractivity contribution in [2.24, 2.45) is 12.8 Å². The number of benzene rings is 1. The second-order valence-corrected chi connectivity index (χ2v) is 6.56. The zero-order valence-corrected chi connectivity index (χ0v) is 12.4. The van der Waals surface area contributed by atoms with Crippen LogP contribution < -0.4 is 10.5 Å². The van der Waals surface area contributed by atoms with Crippen molar-refractivity contribution in [2.45, 2.75) is 10.9 Å². The van der Waals surface area contributed by atoms with E-state index in [1.54, 1.807) is 49.3 Å². The first-order valence-corrected chi connectivity index (χ1v) is 7.85. The highest BCUT2D eigenvalue weighted by molar-refractivity contribution is 7.90. The summed E-state index contributed by atoms with van der Waals surface area (Å²) in [6, 6.07) is 6.07. The molecule has 7 heteroatoms. The SMILES string of the molecule is COc1cnn(C)c1C(N)c1cccc(S(C)(=O)=O)c1. The number of nitrogens with two attached hydrogens (primary N) is 1. The molecule has 2 rings (SSSR count). The second-order valence-electron chi connectivity index (χ2n) is 4.54. The highest BCUT2D eigenvalue weighted by Crippen LogP contribution is 2.28. The number of hydrogen-bond acceptors (Lipinski definition) is 5. The van der Waals surface area contributed by atoms with Gasteiger partial charge in [0.1, 0.15) is 5.69 Å². The highest BCUT2D eigenvalue weighted by atomic mass is 32.2. The van der Waals surface area contributed by atoms with Gasteiger partial charge in [0, 0.05) is 13.3 Å². The van der Waals surface area contributed by atoms with E-state index in [0.717, 1.165) is 0 Å². The van der Waals surface area contributed by atoms with Crippen LogP contribution in [0.1, 0.15) is 17.3 Å². The standard InChI is InChI=1S/C13H17N3O3S/c1-16-13(11(19-2)8-15-16)12(14)9-5-4-6-10(7-9)20(3,17)18/h4-8,12H,14H2,1-3H3. The van der Waals surface area contributed by atoms with E-state index in [4.69, 9.17) is 10.5 Å². The molecule has 0 amide bonds. The van der Waals surface area contributed by atoms with Gasteiger partial charge in [0.25, 0.3) is 0 Å². The van der Waals surface area contributed by atoms with E-state index in [2.05, 4.69) is 5.10 Å². The van der Waals surface area contributed by atoms with Gasteiger partial charge in [0.05, 0.1) is 24.2 Å². The average Bonchev–Trinajstić information content (AvgIpc) is 2.78. The molecule has 1 aromatic carbocycles. The molecule has 0 aliphatic rings. The fourth-order valence-electron chi connectivity index (χ4n) is 2.04. The molecule has 108 valence electrons. The Hall–Kier alpha value is -1.86. The Balaban J connectivity index is 2.49. The van der Waals surface area contributed by atoms with Crippen molar-refractivity contribution in [3.8, 4) is 5.75 Å². The van der Waals surface area contributed by atoms with Crippen molar-refractivity contribution in [3.05, 3.63) is 41.7 Å². The van der Waals surface area contributed by atoms with Gasteiger partial charge >= 0.3 is 0 Å². The van der Waals surface area contributed by atoms with Crippen LogP contribution in [-0.4, -0.2) is 31.6 Å². The maximum atomic E-state index is 11.6. The Kier molecular flexibility index (Phi) is 3.82. The first-order valence-electron chi connectivity index (χ1n) is 5.96. The average molecular weight is 295 g/mol. The van der Waals surface area contributed by atoms with Gasteiger partial charge in [-0.2, -0.15) is 5.10 Å². The van der Waals surface area contributed by atoms with Crippen LogP contribution >= 0.6 is 0 Å². The van der Waals surface area contributed by atoms with Gasteiger partial charge in [0.15, 0.2) is 15.6 Å². The van der Waals surface area contributed by atoms with Crippen LogP contribution in [0, 0.1) is 0 Å². The highest BCUT2D eigenvalue weighted by Gasteiger charge is 2.20. The zero-order chi connectivity index (χ0) is 14.9. The molecule has 0 radical (unpaired) electrons. The lowest BCUT2D eigenvalue weighted by atomic mass is 10.0. The molecule has 20 heavy (non-hydrogen) atoms. The van der Waals surface area contributed by atoms with Gasteiger partial charge < -0.3 is 10.5 Å². The molecule has 6 nitrogen and oxygen atoms in total. The Labute approximate surface area is 118 Å². The summed E-state index contributed by atoms with van der Waals surface area (Å²) in [7, 11) is 0.0412. The Morgan fingerprint density at radius 1 is 1.40 bits per heavy atom. The minimum atomic E-state index is -3.26. The Morgan fingerprint density at radius 3 is 2.70 bits per heavy atom. The summed E-state index contributed by atoms with van der Waals surface area (Å²) in [4.78, 5) is 0.242. The third kappa shape index (κ3) is 2.68. The van der Waals surface area contributed by atoms with Gasteiger partial charge in [-0.3, -0.25) is 4.68 Å². The summed E-state index contributed by atoms with van der Waals surface area (Å²) in [5.74, 6) is 0.574. The first kappa shape index (κ1) is 14.5. The lowest BCUT2D eigenvalue weighted by molar-refractivity contribution is 0.406. The van der Waals surface area contributed by atoms with Crippen LogP contribution in [0.2, 0.25) is 0 Å². The molecule has 1 atom stereocenters. The monoisotopic (exact) mass is 295 g/mol. The number of rotatable bonds is 4. The van der Waals surface area contributed by atoms with Crippen LogP contribution in [0.15, 0.2) is 35.4 Å². The van der Waals surface area contributed by atoms with Crippen molar-refractivity contribution in [1.29, 1.82) is 0 Å². The third-order valence-corrected chi connectivity index (χ3v) is 4.22. The third-order valence-electron chi connectivity index (χ3n) is 3.11. The molecule has 0 bridgehead atoms. The number of aromatic nitrogens is 2. The molecule has 0 aliphatic carbocycles. The molecule has 0 saturated heterocycles. The quantitative estimate of drug-likeness (QED) is 0.904. The number of hydrogen-bond donors (Lipinski definition) is 1. The fraction of sp³-hybridized carbons (Fsp3) is 0.308. The summed E-state index contributed by atoms with van der Waals surface area (Å²) in [6.45, 7) is 0. The molecule has 1 aromatic heterocycles. The zero-order valence-electron chi connectivity index (χ0n) is 11.6. The van der Waals surface area contributed by atoms with Crippen LogP contribution in [0.5, 0.6) is 5.75 Å². The minimum absolute atomic E-state index is 0.242. The molecule has 0 spiro atoms. The second kappa shape index (κ2) is 5.26. The van der Waals surface area contributed by atoms with E-state index >= 15 is 0 Å². The van der Waals surface area contributed by atoms with E-state index in [0.29, 0.717) is 17.0 Å². The van der Waals surface area contributed by atoms with E-state index < -0.39 is 15.9 Å². The van der Waals surface area contributed by atoms with Crippen LogP contribution in [0.4, 0.5) is 0 Å². The summed E-state index contributed by atoms with van der Waals surface area (Å²) < 4.78 is 30.0. The van der Waals surface area contributed by atoms with Gasteiger partial charge in [0.2, 0.25) is 0 Å². The van der Waals surface area contributed by atoms with E-state index in [1.165, 1.54) is 6.26 Å². The van der Waals surface area contributed by atoms with Crippen LogP contribution in [0.25, 0.3) is 0 Å². The maximum Gasteiger partial charge on any atom is 0.175 e. The lowest BCUT2D eigenvalue weighted by Crippen LogP contribution is -2.17. The van der Waals surface area contributed by atoms with E-state index in [9.17, 15) is 8.42 Å². The number of nitrogens with zero attached hydrogens (tertiary/aromatic N) is 2. The molecular weight excluding hydrogens is 278 g/mol. The molecule has 0 fully saturated rings. The van der Waals surface area contributed by atoms with E-state index in [-0.39, 0.29) is 4.90 Å². The molecule has 0 aliphatic heterocycles. The molecule has 2 N–H and O–H groups in total. The van der Waals surface area contributed by atoms with Crippen molar-refractivity contribution in [1.82, 2.24) is 9.78 Å². The number of aryl methyl sites for hydroxylation is 1. The Morgan fingerprint density at radius 2 is 2.10 bits per heavy atom. The molecule has 1 unspecified atom stereocenters. The predicted octanol–water partition coefficient (Wildman–Crippen LogP) is 0.880. The summed E-state index contributed by atoms with van der Waals surface area (Å²) in [5, 5.41) is 4.10. The van der Waals surface area contributed by atoms with Crippen LogP contribution in [0.3, 0.4) is 0 Å². The summed E-state index contributed by atoms with van der Waals surface area (Å²) >= 11 is 0. The topological polar surface area (TPSA) is 87.2 Å². The minimum Gasteiger partial charge on any atom is -0.493 e. The van der Waals surface area contributed by atoms with Crippen molar-refractivity contribution in [3.63, 3.8) is 0 Å². The van der Waals surface area contributed by atoms with Crippen molar-refractivity contribution >= 4 is 9.84 Å². The molecule has 2 aromatic rings. The fourth-order valence-corrected chi connectivity index (χ4v) is 2.71. The summed E-state index contributed by atoms with van der Waals surface area (Å²) in [5.41, 5.74) is 7.60. The smallest absolute Gasteiger partial charge is 0.175 e. The number of ether oxygens (including phenoxy) is 1. The van der Waals surface area contributed by atoms with Gasteiger partial charge in [-0.1, -0.05) is 12.1 Å². The maximum absolute atomic E-state index is 11.6. The molecular formula is C13H17N3O3S. The lowest BCUT2D eigenvalue weighted by Gasteiger charge is -2.15. The Bertz CT molecular complexity index is 722. The normalized spacial score (nSPS) is 13.2. The van der Waals surface area contributed by atoms with E-state index in [1.807, 2.05) is 0 Å². The van der Waals surface area contributed by atoms with Gasteiger partial charge in [-0.15, -0.1) is 0 Å². The van der Waals surface area contributed by atoms with Gasteiger partial charge in [-0.05, 0) is 17.7 Å². The van der Waals surface area contributed by atoms with Crippen LogP contribution in [-0.2, 0) is 16.9 Å². The molecule has 0 saturated carbocycles. The largest absolute Gasteiger partial charge is 0.493 e. The molecule has 1 heterocycles. The number of methoxy groups -OCH3 is 1. The number of sulfone groups is 1. The first-order chi connectivity index (χ1) is 9.34. The summed E-state index contributed by atoms with van der Waals surface area (Å²) in [6.07, 6.45) is 2.75. The van der Waals surface area contributed by atoms with Crippen molar-refractivity contribution < 1.29 is 13.2 Å². The van der Waals surface area contributed by atoms with Crippen molar-refractivity contribution in [2.75, 3.05) is 13.4 Å². The van der Waals surface area contributed by atoms with Gasteiger partial charge in [-0.25, -0.2) is 8.42 Å².